The summed E-state index contributed by atoms with van der Waals surface area (Å²) >= 11 is 0. The lowest BCUT2D eigenvalue weighted by Gasteiger charge is -2.24. The highest BCUT2D eigenvalue weighted by Gasteiger charge is 2.38. The van der Waals surface area contributed by atoms with Crippen molar-refractivity contribution in [1.29, 1.82) is 0 Å². The third-order valence-corrected chi connectivity index (χ3v) is 4.10. The Morgan fingerprint density at radius 1 is 1.38 bits per heavy atom. The van der Waals surface area contributed by atoms with Crippen molar-refractivity contribution in [3.8, 4) is 0 Å². The van der Waals surface area contributed by atoms with Gasteiger partial charge in [0.15, 0.2) is 0 Å². The molecule has 3 unspecified atom stereocenters. The monoisotopic (exact) mass is 224 g/mol. The van der Waals surface area contributed by atoms with Crippen LogP contribution in [0.2, 0.25) is 0 Å². The molecule has 92 valence electrons. The van der Waals surface area contributed by atoms with Gasteiger partial charge in [-0.2, -0.15) is 0 Å². The van der Waals surface area contributed by atoms with Crippen LogP contribution in [0.1, 0.15) is 45.4 Å². The largest absolute Gasteiger partial charge is 0.344 e. The number of amides is 1. The van der Waals surface area contributed by atoms with Crippen molar-refractivity contribution in [3.63, 3.8) is 0 Å². The average molecular weight is 224 g/mol. The van der Waals surface area contributed by atoms with Crippen LogP contribution >= 0.6 is 0 Å². The Bertz CT molecular complexity index is 240. The van der Waals surface area contributed by atoms with E-state index in [0.717, 1.165) is 25.3 Å². The number of hydrogen-bond acceptors (Lipinski definition) is 2. The van der Waals surface area contributed by atoms with E-state index >= 15 is 0 Å². The number of rotatable bonds is 3. The lowest BCUT2D eigenvalue weighted by Crippen LogP contribution is -2.44. The van der Waals surface area contributed by atoms with E-state index in [0.29, 0.717) is 11.9 Å². The van der Waals surface area contributed by atoms with Crippen molar-refractivity contribution in [2.24, 2.45) is 5.92 Å². The number of likely N-dealkylation sites (N-methyl/N-ethyl adjacent to an activating group) is 1. The third-order valence-electron chi connectivity index (χ3n) is 4.10. The summed E-state index contributed by atoms with van der Waals surface area (Å²) in [5.74, 6) is 1.06. The molecule has 3 heteroatoms. The molecule has 0 aromatic heterocycles. The van der Waals surface area contributed by atoms with Gasteiger partial charge in [0.25, 0.3) is 0 Å². The summed E-state index contributed by atoms with van der Waals surface area (Å²) in [5.41, 5.74) is 0. The molecule has 1 aliphatic heterocycles. The molecule has 0 aromatic rings. The van der Waals surface area contributed by atoms with Crippen molar-refractivity contribution in [3.05, 3.63) is 0 Å². The van der Waals surface area contributed by atoms with Crippen LogP contribution in [0.4, 0.5) is 0 Å². The predicted molar refractivity (Wildman–Crippen MR) is 65.2 cm³/mol. The number of fused-ring (bicyclic) bond motifs is 1. The summed E-state index contributed by atoms with van der Waals surface area (Å²) in [4.78, 5) is 14.0. The second-order valence-corrected chi connectivity index (χ2v) is 5.37. The van der Waals surface area contributed by atoms with Crippen molar-refractivity contribution < 1.29 is 4.79 Å². The first-order chi connectivity index (χ1) is 7.72. The van der Waals surface area contributed by atoms with Crippen LogP contribution in [0.3, 0.4) is 0 Å². The highest BCUT2D eigenvalue weighted by molar-refractivity contribution is 5.82. The minimum atomic E-state index is 0.102. The molecule has 2 rings (SSSR count). The van der Waals surface area contributed by atoms with Crippen LogP contribution in [0, 0.1) is 5.92 Å². The van der Waals surface area contributed by atoms with E-state index in [2.05, 4.69) is 12.2 Å². The van der Waals surface area contributed by atoms with Gasteiger partial charge < -0.3 is 10.2 Å². The molecule has 0 radical (unpaired) electrons. The number of hydrogen-bond donors (Lipinski definition) is 1. The molecule has 1 heterocycles. The summed E-state index contributed by atoms with van der Waals surface area (Å²) < 4.78 is 0. The standard InChI is InChI=1S/C13H24N2O/c1-3-8-15(2)13(16)12-9-10-6-4-5-7-11(10)14-12/h10-12,14H,3-9H2,1-2H3. The Morgan fingerprint density at radius 2 is 2.12 bits per heavy atom. The normalized spacial score (nSPS) is 33.5. The van der Waals surface area contributed by atoms with Crippen molar-refractivity contribution in [1.82, 2.24) is 10.2 Å². The maximum atomic E-state index is 12.1. The quantitative estimate of drug-likeness (QED) is 0.792. The molecule has 16 heavy (non-hydrogen) atoms. The van der Waals surface area contributed by atoms with E-state index in [1.54, 1.807) is 0 Å². The molecule has 3 nitrogen and oxygen atoms in total. The van der Waals surface area contributed by atoms with Crippen LogP contribution in [-0.2, 0) is 4.79 Å². The Morgan fingerprint density at radius 3 is 2.81 bits per heavy atom. The third kappa shape index (κ3) is 2.40. The molecule has 1 saturated heterocycles. The van der Waals surface area contributed by atoms with Crippen molar-refractivity contribution >= 4 is 5.91 Å². The number of carbonyl (C=O) groups is 1. The van der Waals surface area contributed by atoms with Gasteiger partial charge in [0.1, 0.15) is 0 Å². The maximum absolute atomic E-state index is 12.1. The van der Waals surface area contributed by atoms with Gasteiger partial charge in [-0.05, 0) is 31.6 Å². The van der Waals surface area contributed by atoms with Gasteiger partial charge in [0.2, 0.25) is 5.91 Å². The van der Waals surface area contributed by atoms with Crippen LogP contribution in [0.5, 0.6) is 0 Å². The second kappa shape index (κ2) is 5.17. The predicted octanol–water partition coefficient (Wildman–Crippen LogP) is 1.78. The molecule has 0 spiro atoms. The fourth-order valence-electron chi connectivity index (χ4n) is 3.22. The minimum Gasteiger partial charge on any atom is -0.344 e. The van der Waals surface area contributed by atoms with E-state index in [-0.39, 0.29) is 6.04 Å². The van der Waals surface area contributed by atoms with Crippen LogP contribution in [0.25, 0.3) is 0 Å². The molecule has 1 saturated carbocycles. The lowest BCUT2D eigenvalue weighted by atomic mass is 9.85. The first kappa shape index (κ1) is 11.9. The molecule has 0 aromatic carbocycles. The molecule has 1 aliphatic carbocycles. The van der Waals surface area contributed by atoms with Gasteiger partial charge in [-0.15, -0.1) is 0 Å². The average Bonchev–Trinajstić information content (AvgIpc) is 2.71. The Balaban J connectivity index is 1.89. The summed E-state index contributed by atoms with van der Waals surface area (Å²) in [6, 6.07) is 0.724. The molecule has 2 fully saturated rings. The lowest BCUT2D eigenvalue weighted by molar-refractivity contribution is -0.131. The van der Waals surface area contributed by atoms with Crippen LogP contribution < -0.4 is 5.32 Å². The number of nitrogens with zero attached hydrogens (tertiary/aromatic N) is 1. The molecule has 0 bridgehead atoms. The topological polar surface area (TPSA) is 32.3 Å². The zero-order chi connectivity index (χ0) is 11.5. The number of carbonyl (C=O) groups excluding carboxylic acids is 1. The van der Waals surface area contributed by atoms with Gasteiger partial charge in [-0.3, -0.25) is 4.79 Å². The van der Waals surface area contributed by atoms with E-state index in [1.807, 2.05) is 11.9 Å². The first-order valence-electron chi connectivity index (χ1n) is 6.73. The van der Waals surface area contributed by atoms with E-state index in [9.17, 15) is 4.79 Å². The summed E-state index contributed by atoms with van der Waals surface area (Å²) in [7, 11) is 1.93. The van der Waals surface area contributed by atoms with Crippen LogP contribution in [0.15, 0.2) is 0 Å². The number of nitrogens with one attached hydrogen (secondary N) is 1. The van der Waals surface area contributed by atoms with Gasteiger partial charge in [0, 0.05) is 19.6 Å². The Labute approximate surface area is 98.6 Å². The summed E-state index contributed by atoms with van der Waals surface area (Å²) in [5, 5.41) is 3.54. The van der Waals surface area contributed by atoms with Crippen LogP contribution in [-0.4, -0.2) is 36.5 Å². The van der Waals surface area contributed by atoms with E-state index in [1.165, 1.54) is 25.7 Å². The molecule has 1 amide bonds. The zero-order valence-corrected chi connectivity index (χ0v) is 10.5. The fourth-order valence-corrected chi connectivity index (χ4v) is 3.22. The Hall–Kier alpha value is -0.570. The zero-order valence-electron chi connectivity index (χ0n) is 10.5. The van der Waals surface area contributed by atoms with Crippen molar-refractivity contribution in [2.75, 3.05) is 13.6 Å². The fraction of sp³-hybridized carbons (Fsp3) is 0.923. The van der Waals surface area contributed by atoms with E-state index < -0.39 is 0 Å². The molecule has 2 aliphatic rings. The smallest absolute Gasteiger partial charge is 0.239 e. The Kier molecular flexibility index (Phi) is 3.85. The highest BCUT2D eigenvalue weighted by Crippen LogP contribution is 2.33. The minimum absolute atomic E-state index is 0.102. The SMILES string of the molecule is CCCN(C)C(=O)C1CC2CCCCC2N1. The van der Waals surface area contributed by atoms with Gasteiger partial charge in [0.05, 0.1) is 6.04 Å². The second-order valence-electron chi connectivity index (χ2n) is 5.37. The first-order valence-corrected chi connectivity index (χ1v) is 6.73. The van der Waals surface area contributed by atoms with Gasteiger partial charge in [-0.1, -0.05) is 19.8 Å². The maximum Gasteiger partial charge on any atom is 0.239 e. The van der Waals surface area contributed by atoms with Crippen molar-refractivity contribution in [2.45, 2.75) is 57.5 Å². The molecule has 1 N–H and O–H groups in total. The summed E-state index contributed by atoms with van der Waals surface area (Å²) in [6.07, 6.45) is 7.39. The molecule has 3 atom stereocenters. The van der Waals surface area contributed by atoms with Gasteiger partial charge in [-0.25, -0.2) is 0 Å². The summed E-state index contributed by atoms with van der Waals surface area (Å²) in [6.45, 7) is 3.00. The van der Waals surface area contributed by atoms with E-state index in [4.69, 9.17) is 0 Å². The molecular formula is C13H24N2O. The van der Waals surface area contributed by atoms with Gasteiger partial charge >= 0.3 is 0 Å². The highest BCUT2D eigenvalue weighted by atomic mass is 16.2. The molecular weight excluding hydrogens is 200 g/mol.